The van der Waals surface area contributed by atoms with E-state index in [0.717, 1.165) is 0 Å². The summed E-state index contributed by atoms with van der Waals surface area (Å²) < 4.78 is 5.14. The highest BCUT2D eigenvalue weighted by molar-refractivity contribution is 5.97. The monoisotopic (exact) mass is 233 g/mol. The Hall–Kier alpha value is -1.84. The molecule has 1 aliphatic heterocycles. The molecule has 0 radical (unpaired) electrons. The van der Waals surface area contributed by atoms with E-state index in [9.17, 15) is 9.59 Å². The van der Waals surface area contributed by atoms with Crippen molar-refractivity contribution in [2.24, 2.45) is 5.92 Å². The summed E-state index contributed by atoms with van der Waals surface area (Å²) in [7, 11) is 0. The van der Waals surface area contributed by atoms with Crippen LogP contribution in [0.2, 0.25) is 0 Å². The second-order valence-corrected chi connectivity index (χ2v) is 4.42. The van der Waals surface area contributed by atoms with Gasteiger partial charge in [0.2, 0.25) is 0 Å². The Kier molecular flexibility index (Phi) is 3.13. The van der Waals surface area contributed by atoms with Crippen LogP contribution in [0, 0.1) is 5.92 Å². The average molecular weight is 233 g/mol. The first kappa shape index (κ1) is 11.6. The molecule has 1 aromatic carbocycles. The molecule has 17 heavy (non-hydrogen) atoms. The third-order valence-corrected chi connectivity index (χ3v) is 2.71. The maximum Gasteiger partial charge on any atom is 0.327 e. The zero-order valence-corrected chi connectivity index (χ0v) is 9.92. The molecule has 0 bridgehead atoms. The second-order valence-electron chi connectivity index (χ2n) is 4.42. The molecule has 0 aliphatic carbocycles. The van der Waals surface area contributed by atoms with Gasteiger partial charge in [0.1, 0.15) is 6.54 Å². The van der Waals surface area contributed by atoms with Gasteiger partial charge in [-0.2, -0.15) is 0 Å². The number of carbonyl (C=O) groups excluding carboxylic acids is 2. The number of carbonyl (C=O) groups is 2. The lowest BCUT2D eigenvalue weighted by Crippen LogP contribution is -2.39. The first-order valence-electron chi connectivity index (χ1n) is 5.65. The SMILES string of the molecule is CC(C)C1OC(=O)CN1C(=O)c1ccccc1. The summed E-state index contributed by atoms with van der Waals surface area (Å²) in [6, 6.07) is 8.93. The third-order valence-electron chi connectivity index (χ3n) is 2.71. The van der Waals surface area contributed by atoms with Crippen LogP contribution in [-0.4, -0.2) is 29.5 Å². The van der Waals surface area contributed by atoms with E-state index in [1.54, 1.807) is 24.3 Å². The second kappa shape index (κ2) is 4.57. The Balaban J connectivity index is 2.22. The zero-order valence-electron chi connectivity index (χ0n) is 9.92. The van der Waals surface area contributed by atoms with E-state index in [1.807, 2.05) is 19.9 Å². The fourth-order valence-corrected chi connectivity index (χ4v) is 1.89. The number of ether oxygens (including phenoxy) is 1. The van der Waals surface area contributed by atoms with Gasteiger partial charge in [0, 0.05) is 11.5 Å². The van der Waals surface area contributed by atoms with Gasteiger partial charge in [-0.15, -0.1) is 0 Å². The summed E-state index contributed by atoms with van der Waals surface area (Å²) in [6.45, 7) is 3.89. The number of rotatable bonds is 2. The van der Waals surface area contributed by atoms with Gasteiger partial charge in [-0.05, 0) is 12.1 Å². The molecular formula is C13H15NO3. The predicted octanol–water partition coefficient (Wildman–Crippen LogP) is 1.67. The Bertz CT molecular complexity index is 428. The van der Waals surface area contributed by atoms with Crippen molar-refractivity contribution in [2.45, 2.75) is 20.1 Å². The molecule has 1 aliphatic rings. The molecule has 0 N–H and O–H groups in total. The third kappa shape index (κ3) is 2.30. The first-order valence-corrected chi connectivity index (χ1v) is 5.65. The van der Waals surface area contributed by atoms with Gasteiger partial charge < -0.3 is 4.74 Å². The van der Waals surface area contributed by atoms with Gasteiger partial charge in [-0.3, -0.25) is 14.5 Å². The van der Waals surface area contributed by atoms with Crippen molar-refractivity contribution in [2.75, 3.05) is 6.54 Å². The first-order chi connectivity index (χ1) is 8.09. The topological polar surface area (TPSA) is 46.6 Å². The summed E-state index contributed by atoms with van der Waals surface area (Å²) in [5.74, 6) is -0.405. The minimum atomic E-state index is -0.449. The van der Waals surface area contributed by atoms with Crippen molar-refractivity contribution in [3.8, 4) is 0 Å². The number of nitrogens with zero attached hydrogens (tertiary/aromatic N) is 1. The molecule has 2 rings (SSSR count). The zero-order chi connectivity index (χ0) is 12.4. The number of amides is 1. The van der Waals surface area contributed by atoms with Crippen LogP contribution in [0.3, 0.4) is 0 Å². The van der Waals surface area contributed by atoms with Crippen LogP contribution in [0.1, 0.15) is 24.2 Å². The van der Waals surface area contributed by atoms with E-state index < -0.39 is 6.23 Å². The summed E-state index contributed by atoms with van der Waals surface area (Å²) >= 11 is 0. The van der Waals surface area contributed by atoms with Crippen molar-refractivity contribution in [3.05, 3.63) is 35.9 Å². The average Bonchev–Trinajstić information content (AvgIpc) is 2.72. The molecule has 90 valence electrons. The van der Waals surface area contributed by atoms with Crippen molar-refractivity contribution in [3.63, 3.8) is 0 Å². The summed E-state index contributed by atoms with van der Waals surface area (Å²) in [5.41, 5.74) is 0.580. The lowest BCUT2D eigenvalue weighted by molar-refractivity contribution is -0.142. The molecule has 0 aromatic heterocycles. The molecule has 1 heterocycles. The Labute approximate surface area is 100 Å². The molecule has 4 nitrogen and oxygen atoms in total. The lowest BCUT2D eigenvalue weighted by atomic mass is 10.1. The standard InChI is InChI=1S/C13H15NO3/c1-9(2)13-14(8-11(15)17-13)12(16)10-6-4-3-5-7-10/h3-7,9,13H,8H2,1-2H3. The quantitative estimate of drug-likeness (QED) is 0.730. The molecular weight excluding hydrogens is 218 g/mol. The van der Waals surface area contributed by atoms with Crippen LogP contribution >= 0.6 is 0 Å². The van der Waals surface area contributed by atoms with E-state index in [4.69, 9.17) is 4.74 Å². The maximum atomic E-state index is 12.2. The van der Waals surface area contributed by atoms with Gasteiger partial charge in [-0.25, -0.2) is 0 Å². The van der Waals surface area contributed by atoms with Crippen molar-refractivity contribution >= 4 is 11.9 Å². The lowest BCUT2D eigenvalue weighted by Gasteiger charge is -2.24. The van der Waals surface area contributed by atoms with E-state index in [2.05, 4.69) is 0 Å². The van der Waals surface area contributed by atoms with E-state index >= 15 is 0 Å². The fraction of sp³-hybridized carbons (Fsp3) is 0.385. The van der Waals surface area contributed by atoms with Gasteiger partial charge in [0.25, 0.3) is 5.91 Å². The van der Waals surface area contributed by atoms with Gasteiger partial charge in [0.15, 0.2) is 6.23 Å². The molecule has 1 fully saturated rings. The van der Waals surface area contributed by atoms with Crippen molar-refractivity contribution in [1.29, 1.82) is 0 Å². The molecule has 0 spiro atoms. The molecule has 1 unspecified atom stereocenters. The summed E-state index contributed by atoms with van der Waals surface area (Å²) in [4.78, 5) is 25.0. The molecule has 0 saturated carbocycles. The fourth-order valence-electron chi connectivity index (χ4n) is 1.89. The molecule has 1 saturated heterocycles. The highest BCUT2D eigenvalue weighted by Gasteiger charge is 2.37. The van der Waals surface area contributed by atoms with Crippen molar-refractivity contribution < 1.29 is 14.3 Å². The summed E-state index contributed by atoms with van der Waals surface area (Å²) in [6.07, 6.45) is -0.449. The molecule has 4 heteroatoms. The van der Waals surface area contributed by atoms with E-state index in [-0.39, 0.29) is 24.3 Å². The molecule has 1 aromatic rings. The van der Waals surface area contributed by atoms with Gasteiger partial charge in [-0.1, -0.05) is 32.0 Å². The molecule has 1 amide bonds. The number of hydrogen-bond acceptors (Lipinski definition) is 3. The van der Waals surface area contributed by atoms with E-state index in [0.29, 0.717) is 5.56 Å². The van der Waals surface area contributed by atoms with Crippen LogP contribution in [0.15, 0.2) is 30.3 Å². The number of esters is 1. The number of benzene rings is 1. The predicted molar refractivity (Wildman–Crippen MR) is 62.2 cm³/mol. The largest absolute Gasteiger partial charge is 0.440 e. The number of hydrogen-bond donors (Lipinski definition) is 0. The van der Waals surface area contributed by atoms with Crippen LogP contribution in [0.4, 0.5) is 0 Å². The Morgan fingerprint density at radius 1 is 1.35 bits per heavy atom. The van der Waals surface area contributed by atoms with Crippen molar-refractivity contribution in [1.82, 2.24) is 4.90 Å². The Morgan fingerprint density at radius 2 is 2.00 bits per heavy atom. The van der Waals surface area contributed by atoms with Crippen LogP contribution < -0.4 is 0 Å². The number of cyclic esters (lactones) is 1. The minimum Gasteiger partial charge on any atom is -0.440 e. The van der Waals surface area contributed by atoms with Gasteiger partial charge >= 0.3 is 5.97 Å². The highest BCUT2D eigenvalue weighted by atomic mass is 16.6. The smallest absolute Gasteiger partial charge is 0.327 e. The normalized spacial score (nSPS) is 19.6. The molecule has 1 atom stereocenters. The van der Waals surface area contributed by atoms with Crippen LogP contribution in [0.5, 0.6) is 0 Å². The van der Waals surface area contributed by atoms with Crippen LogP contribution in [0.25, 0.3) is 0 Å². The van der Waals surface area contributed by atoms with Gasteiger partial charge in [0.05, 0.1) is 0 Å². The Morgan fingerprint density at radius 3 is 2.59 bits per heavy atom. The van der Waals surface area contributed by atoms with Crippen LogP contribution in [-0.2, 0) is 9.53 Å². The van der Waals surface area contributed by atoms with E-state index in [1.165, 1.54) is 4.90 Å². The maximum absolute atomic E-state index is 12.2. The summed E-state index contributed by atoms with van der Waals surface area (Å²) in [5, 5.41) is 0. The minimum absolute atomic E-state index is 0.0383. The highest BCUT2D eigenvalue weighted by Crippen LogP contribution is 2.21.